The van der Waals surface area contributed by atoms with Crippen LogP contribution in [0.4, 0.5) is 0 Å². The molecule has 0 saturated heterocycles. The molecule has 0 amide bonds. The maximum Gasteiger partial charge on any atom is 0.0911 e. The van der Waals surface area contributed by atoms with Crippen LogP contribution in [0.5, 0.6) is 0 Å². The van der Waals surface area contributed by atoms with Crippen molar-refractivity contribution < 1.29 is 0 Å². The van der Waals surface area contributed by atoms with Gasteiger partial charge in [0.1, 0.15) is 0 Å². The Morgan fingerprint density at radius 1 is 0.722 bits per heavy atom. The standard InChI is InChI=1S/C32H34N2P2/c1-3-4-25-34(35(29-21-13-7-14-22-29)30-23-15-8-16-24-30)36-31(27-17-9-5-10-18-27)26-33(2)32(36)28-19-11-6-12-20-28/h5-24,26,32H,3-4,25H2,1-2H3/t32-,36?/m1/s1. The number of rotatable bonds is 9. The quantitative estimate of drug-likeness (QED) is 0.210. The van der Waals surface area contributed by atoms with E-state index in [0.717, 1.165) is 6.54 Å². The third-order valence-corrected chi connectivity index (χ3v) is 12.6. The fraction of sp³-hybridized carbons (Fsp3) is 0.188. The molecule has 0 radical (unpaired) electrons. The molecule has 5 rings (SSSR count). The van der Waals surface area contributed by atoms with Crippen molar-refractivity contribution in [3.63, 3.8) is 0 Å². The summed E-state index contributed by atoms with van der Waals surface area (Å²) in [6.07, 6.45) is 4.79. The Morgan fingerprint density at radius 2 is 1.22 bits per heavy atom. The number of hydrogen-bond donors (Lipinski definition) is 0. The highest BCUT2D eigenvalue weighted by Crippen LogP contribution is 2.73. The summed E-state index contributed by atoms with van der Waals surface area (Å²) >= 11 is 0. The van der Waals surface area contributed by atoms with Gasteiger partial charge in [-0.05, 0) is 28.2 Å². The molecule has 4 aromatic carbocycles. The van der Waals surface area contributed by atoms with Crippen LogP contribution in [0.3, 0.4) is 0 Å². The Labute approximate surface area is 218 Å². The van der Waals surface area contributed by atoms with Gasteiger partial charge in [-0.1, -0.05) is 135 Å². The predicted molar refractivity (Wildman–Crippen MR) is 159 cm³/mol. The van der Waals surface area contributed by atoms with Gasteiger partial charge in [0, 0.05) is 41.3 Å². The van der Waals surface area contributed by atoms with Crippen molar-refractivity contribution in [3.8, 4) is 0 Å². The van der Waals surface area contributed by atoms with Crippen LogP contribution in [-0.4, -0.2) is 22.9 Å². The zero-order chi connectivity index (χ0) is 24.7. The molecule has 0 aromatic heterocycles. The van der Waals surface area contributed by atoms with E-state index in [1.54, 1.807) is 0 Å². The summed E-state index contributed by atoms with van der Waals surface area (Å²) < 4.78 is 2.90. The SMILES string of the molecule is CCCCN(P(c1ccccc1)c1ccccc1)P1C(c2ccccc2)=CN(C)[C@H]1c1ccccc1. The molecule has 0 saturated carbocycles. The minimum absolute atomic E-state index is 0.311. The molecule has 182 valence electrons. The summed E-state index contributed by atoms with van der Waals surface area (Å²) in [5.41, 5.74) is 2.73. The molecule has 1 aliphatic rings. The van der Waals surface area contributed by atoms with E-state index < -0.39 is 16.1 Å². The fourth-order valence-corrected chi connectivity index (χ4v) is 11.6. The lowest BCUT2D eigenvalue weighted by atomic mass is 10.2. The average Bonchev–Trinajstić information content (AvgIpc) is 3.29. The van der Waals surface area contributed by atoms with E-state index in [1.807, 2.05) is 0 Å². The smallest absolute Gasteiger partial charge is 0.0911 e. The lowest BCUT2D eigenvalue weighted by Gasteiger charge is -2.42. The number of hydrogen-bond acceptors (Lipinski definition) is 2. The van der Waals surface area contributed by atoms with E-state index in [4.69, 9.17) is 0 Å². The lowest BCUT2D eigenvalue weighted by Crippen LogP contribution is -2.28. The van der Waals surface area contributed by atoms with Crippen molar-refractivity contribution in [1.29, 1.82) is 0 Å². The molecule has 0 bridgehead atoms. The molecule has 2 nitrogen and oxygen atoms in total. The van der Waals surface area contributed by atoms with E-state index in [2.05, 4.69) is 151 Å². The van der Waals surface area contributed by atoms with Crippen molar-refractivity contribution in [2.45, 2.75) is 25.5 Å². The van der Waals surface area contributed by atoms with E-state index >= 15 is 0 Å². The molecule has 4 heteroatoms. The molecule has 0 fully saturated rings. The molecule has 0 aliphatic carbocycles. The summed E-state index contributed by atoms with van der Waals surface area (Å²) in [5, 5.41) is 4.31. The third-order valence-electron chi connectivity index (χ3n) is 6.55. The van der Waals surface area contributed by atoms with Gasteiger partial charge >= 0.3 is 0 Å². The van der Waals surface area contributed by atoms with Crippen LogP contribution in [0, 0.1) is 0 Å². The van der Waals surface area contributed by atoms with Crippen LogP contribution in [0.1, 0.15) is 36.7 Å². The molecule has 0 N–H and O–H groups in total. The van der Waals surface area contributed by atoms with E-state index in [-0.39, 0.29) is 0 Å². The summed E-state index contributed by atoms with van der Waals surface area (Å²) in [6, 6.07) is 44.5. The normalized spacial score (nSPS) is 17.6. The van der Waals surface area contributed by atoms with Gasteiger partial charge in [-0.3, -0.25) is 0 Å². The van der Waals surface area contributed by atoms with Gasteiger partial charge in [-0.15, -0.1) is 0 Å². The lowest BCUT2D eigenvalue weighted by molar-refractivity contribution is 0.436. The second-order valence-electron chi connectivity index (χ2n) is 9.11. The van der Waals surface area contributed by atoms with Crippen LogP contribution >= 0.6 is 16.1 Å². The van der Waals surface area contributed by atoms with Crippen LogP contribution in [0.25, 0.3) is 5.31 Å². The molecule has 1 unspecified atom stereocenters. The highest BCUT2D eigenvalue weighted by Gasteiger charge is 2.42. The molecule has 1 aliphatic heterocycles. The number of benzene rings is 4. The van der Waals surface area contributed by atoms with E-state index in [0.29, 0.717) is 5.78 Å². The number of nitrogens with zero attached hydrogens (tertiary/aromatic N) is 2. The van der Waals surface area contributed by atoms with Crippen molar-refractivity contribution in [3.05, 3.63) is 139 Å². The highest BCUT2D eigenvalue weighted by atomic mass is 31.2. The third kappa shape index (κ3) is 5.33. The molecule has 2 atom stereocenters. The molecule has 36 heavy (non-hydrogen) atoms. The fourth-order valence-electron chi connectivity index (χ4n) is 4.85. The second kappa shape index (κ2) is 12.0. The van der Waals surface area contributed by atoms with Crippen molar-refractivity contribution in [2.75, 3.05) is 13.6 Å². The van der Waals surface area contributed by atoms with Crippen LogP contribution in [0.15, 0.2) is 128 Å². The Balaban J connectivity index is 1.70. The molecule has 0 spiro atoms. The molecule has 1 heterocycles. The van der Waals surface area contributed by atoms with Crippen molar-refractivity contribution in [2.24, 2.45) is 0 Å². The Kier molecular flexibility index (Phi) is 8.29. The van der Waals surface area contributed by atoms with Gasteiger partial charge in [0.25, 0.3) is 0 Å². The Hall–Kier alpha value is -2.76. The zero-order valence-electron chi connectivity index (χ0n) is 21.1. The largest absolute Gasteiger partial charge is 0.367 e. The van der Waals surface area contributed by atoms with Gasteiger partial charge in [-0.25, -0.2) is 4.44 Å². The maximum atomic E-state index is 2.90. The Morgan fingerprint density at radius 3 is 1.75 bits per heavy atom. The van der Waals surface area contributed by atoms with E-state index in [1.165, 1.54) is 39.9 Å². The summed E-state index contributed by atoms with van der Waals surface area (Å²) in [7, 11) is 0.886. The first-order valence-corrected chi connectivity index (χ1v) is 15.4. The monoisotopic (exact) mass is 508 g/mol. The summed E-state index contributed by atoms with van der Waals surface area (Å²) in [4.78, 5) is 2.46. The Bertz CT molecular complexity index is 1210. The zero-order valence-corrected chi connectivity index (χ0v) is 22.9. The first-order valence-electron chi connectivity index (χ1n) is 12.8. The first-order chi connectivity index (χ1) is 17.8. The van der Waals surface area contributed by atoms with Crippen molar-refractivity contribution >= 4 is 32.1 Å². The summed E-state index contributed by atoms with van der Waals surface area (Å²) in [6.45, 7) is 3.39. The van der Waals surface area contributed by atoms with Crippen LogP contribution in [0.2, 0.25) is 0 Å². The van der Waals surface area contributed by atoms with Gasteiger partial charge in [0.15, 0.2) is 0 Å². The van der Waals surface area contributed by atoms with E-state index in [9.17, 15) is 0 Å². The van der Waals surface area contributed by atoms with Gasteiger partial charge in [0.05, 0.1) is 5.78 Å². The van der Waals surface area contributed by atoms with Crippen LogP contribution in [-0.2, 0) is 0 Å². The van der Waals surface area contributed by atoms with Gasteiger partial charge in [-0.2, -0.15) is 0 Å². The molecular formula is C32H34N2P2. The van der Waals surface area contributed by atoms with Gasteiger partial charge < -0.3 is 4.90 Å². The van der Waals surface area contributed by atoms with Gasteiger partial charge in [0.2, 0.25) is 0 Å². The topological polar surface area (TPSA) is 6.48 Å². The minimum atomic E-state index is -0.695. The highest BCUT2D eigenvalue weighted by molar-refractivity contribution is 7.83. The first kappa shape index (κ1) is 24.9. The summed E-state index contributed by atoms with van der Waals surface area (Å²) in [5.74, 6) is 0.311. The van der Waals surface area contributed by atoms with Crippen molar-refractivity contribution in [1.82, 2.24) is 9.34 Å². The molecule has 4 aromatic rings. The molecular weight excluding hydrogens is 474 g/mol. The maximum absolute atomic E-state index is 2.90. The average molecular weight is 509 g/mol. The second-order valence-corrected chi connectivity index (χ2v) is 13.7. The number of unbranched alkanes of at least 4 members (excludes halogenated alkanes) is 1. The van der Waals surface area contributed by atoms with Crippen LogP contribution < -0.4 is 10.6 Å². The minimum Gasteiger partial charge on any atom is -0.367 e. The predicted octanol–water partition coefficient (Wildman–Crippen LogP) is 8.18.